The molecule has 0 aromatic rings. The van der Waals surface area contributed by atoms with Crippen molar-refractivity contribution in [1.29, 1.82) is 0 Å². The van der Waals surface area contributed by atoms with Gasteiger partial charge in [0.05, 0.1) is 6.42 Å². The Morgan fingerprint density at radius 2 is 1.22 bits per heavy atom. The molecule has 156 valence electrons. The van der Waals surface area contributed by atoms with Gasteiger partial charge in [0.2, 0.25) is 0 Å². The molecule has 0 aliphatic carbocycles. The van der Waals surface area contributed by atoms with Crippen LogP contribution in [-0.2, 0) is 14.4 Å². The number of Topliss-reactive ketones (excluding diaryl/α,β-unsaturated/α-hetero) is 1. The Bertz CT molecular complexity index is 442. The minimum atomic E-state index is -1.40. The number of carbonyl (C=O) groups is 3. The number of carbonyl (C=O) groups excluding carboxylic acids is 1. The zero-order valence-electron chi connectivity index (χ0n) is 17.0. The van der Waals surface area contributed by atoms with E-state index in [1.54, 1.807) is 0 Å². The maximum Gasteiger partial charge on any atom is 0.314 e. The van der Waals surface area contributed by atoms with Crippen molar-refractivity contribution < 1.29 is 24.6 Å². The van der Waals surface area contributed by atoms with Crippen LogP contribution >= 0.6 is 0 Å². The van der Waals surface area contributed by atoms with E-state index in [1.165, 1.54) is 44.9 Å². The summed E-state index contributed by atoms with van der Waals surface area (Å²) in [7, 11) is 0. The highest BCUT2D eigenvalue weighted by Crippen LogP contribution is 2.13. The van der Waals surface area contributed by atoms with Gasteiger partial charge in [-0.2, -0.15) is 0 Å². The predicted molar refractivity (Wildman–Crippen MR) is 108 cm³/mol. The number of carboxylic acids is 2. The Balaban J connectivity index is 3.53. The van der Waals surface area contributed by atoms with E-state index >= 15 is 0 Å². The van der Waals surface area contributed by atoms with E-state index in [2.05, 4.69) is 19.1 Å². The lowest BCUT2D eigenvalue weighted by Gasteiger charge is -2.08. The maximum atomic E-state index is 11.8. The van der Waals surface area contributed by atoms with E-state index in [4.69, 9.17) is 10.2 Å². The van der Waals surface area contributed by atoms with Crippen molar-refractivity contribution in [3.05, 3.63) is 12.2 Å². The highest BCUT2D eigenvalue weighted by molar-refractivity contribution is 6.00. The summed E-state index contributed by atoms with van der Waals surface area (Å²) in [4.78, 5) is 33.4. The van der Waals surface area contributed by atoms with E-state index in [-0.39, 0.29) is 6.42 Å². The summed E-state index contributed by atoms with van der Waals surface area (Å²) in [6.45, 7) is 2.24. The van der Waals surface area contributed by atoms with Gasteiger partial charge in [0, 0.05) is 6.42 Å². The van der Waals surface area contributed by atoms with Crippen LogP contribution in [-0.4, -0.2) is 27.9 Å². The number of hydrogen-bond acceptors (Lipinski definition) is 3. The molecule has 5 heteroatoms. The van der Waals surface area contributed by atoms with E-state index in [9.17, 15) is 14.4 Å². The molecule has 0 aliphatic rings. The molecule has 27 heavy (non-hydrogen) atoms. The number of unbranched alkanes of at least 4 members (excludes halogenated alkanes) is 11. The Morgan fingerprint density at radius 1 is 0.741 bits per heavy atom. The molecule has 1 unspecified atom stereocenters. The minimum Gasteiger partial charge on any atom is -0.481 e. The molecule has 0 saturated heterocycles. The lowest BCUT2D eigenvalue weighted by Crippen LogP contribution is -2.26. The van der Waals surface area contributed by atoms with Crippen molar-refractivity contribution in [2.75, 3.05) is 0 Å². The lowest BCUT2D eigenvalue weighted by molar-refractivity contribution is -0.152. The third-order valence-corrected chi connectivity index (χ3v) is 4.75. The monoisotopic (exact) mass is 382 g/mol. The van der Waals surface area contributed by atoms with Crippen LogP contribution in [0.5, 0.6) is 0 Å². The molecule has 0 aliphatic heterocycles. The van der Waals surface area contributed by atoms with Gasteiger partial charge in [0.25, 0.3) is 0 Å². The Kier molecular flexibility index (Phi) is 16.7. The first-order valence-electron chi connectivity index (χ1n) is 10.6. The summed E-state index contributed by atoms with van der Waals surface area (Å²) in [5, 5.41) is 17.6. The summed E-state index contributed by atoms with van der Waals surface area (Å²) in [5.41, 5.74) is 0. The zero-order chi connectivity index (χ0) is 20.3. The molecule has 0 heterocycles. The summed E-state index contributed by atoms with van der Waals surface area (Å²) in [5.74, 6) is -4.46. The van der Waals surface area contributed by atoms with Crippen molar-refractivity contribution >= 4 is 17.7 Å². The SMILES string of the molecule is CCCCCCCCC=CCCCCCCCC(=O)C(CC(=O)O)C(=O)O. The van der Waals surface area contributed by atoms with Crippen LogP contribution in [0.2, 0.25) is 0 Å². The number of ketones is 1. The highest BCUT2D eigenvalue weighted by Gasteiger charge is 2.27. The number of rotatable bonds is 19. The van der Waals surface area contributed by atoms with Crippen molar-refractivity contribution in [3.8, 4) is 0 Å². The van der Waals surface area contributed by atoms with Gasteiger partial charge in [-0.1, -0.05) is 70.4 Å². The first kappa shape index (κ1) is 25.4. The van der Waals surface area contributed by atoms with Crippen LogP contribution in [0.25, 0.3) is 0 Å². The van der Waals surface area contributed by atoms with Gasteiger partial charge in [-0.3, -0.25) is 14.4 Å². The number of aliphatic carboxylic acids is 2. The molecule has 0 saturated carbocycles. The molecule has 0 fully saturated rings. The van der Waals surface area contributed by atoms with Crippen LogP contribution < -0.4 is 0 Å². The topological polar surface area (TPSA) is 91.7 Å². The molecule has 0 spiro atoms. The van der Waals surface area contributed by atoms with Crippen LogP contribution in [0.4, 0.5) is 0 Å². The Hall–Kier alpha value is -1.65. The van der Waals surface area contributed by atoms with E-state index < -0.39 is 30.1 Å². The second-order valence-electron chi connectivity index (χ2n) is 7.29. The molecule has 0 amide bonds. The van der Waals surface area contributed by atoms with Gasteiger partial charge in [-0.25, -0.2) is 0 Å². The molecule has 0 bridgehead atoms. The largest absolute Gasteiger partial charge is 0.481 e. The van der Waals surface area contributed by atoms with Crippen LogP contribution in [0.3, 0.4) is 0 Å². The maximum absolute atomic E-state index is 11.8. The van der Waals surface area contributed by atoms with Gasteiger partial charge in [-0.15, -0.1) is 0 Å². The minimum absolute atomic E-state index is 0.155. The average molecular weight is 383 g/mol. The fourth-order valence-electron chi connectivity index (χ4n) is 3.06. The van der Waals surface area contributed by atoms with Gasteiger partial charge < -0.3 is 10.2 Å². The van der Waals surface area contributed by atoms with E-state index in [0.29, 0.717) is 6.42 Å². The molecule has 0 rings (SSSR count). The van der Waals surface area contributed by atoms with Gasteiger partial charge in [-0.05, 0) is 32.1 Å². The van der Waals surface area contributed by atoms with Gasteiger partial charge in [0.1, 0.15) is 11.7 Å². The summed E-state index contributed by atoms with van der Waals surface area (Å²) in [6, 6.07) is 0. The molecule has 0 aromatic heterocycles. The molecule has 2 N–H and O–H groups in total. The third-order valence-electron chi connectivity index (χ3n) is 4.75. The zero-order valence-corrected chi connectivity index (χ0v) is 17.0. The molecule has 1 atom stereocenters. The van der Waals surface area contributed by atoms with Crippen molar-refractivity contribution in [1.82, 2.24) is 0 Å². The lowest BCUT2D eigenvalue weighted by atomic mass is 9.96. The summed E-state index contributed by atoms with van der Waals surface area (Å²) < 4.78 is 0. The molecular weight excluding hydrogens is 344 g/mol. The smallest absolute Gasteiger partial charge is 0.314 e. The third kappa shape index (κ3) is 16.3. The standard InChI is InChI=1S/C22H38O5/c1-2-3-4-5-6-7-8-9-10-11-12-13-14-15-16-17-20(23)19(22(26)27)18-21(24)25/h9-10,19H,2-8,11-18H2,1H3,(H,24,25)(H,26,27). The van der Waals surface area contributed by atoms with Crippen molar-refractivity contribution in [2.24, 2.45) is 5.92 Å². The van der Waals surface area contributed by atoms with Gasteiger partial charge in [0.15, 0.2) is 0 Å². The average Bonchev–Trinajstić information content (AvgIpc) is 2.62. The fourth-order valence-corrected chi connectivity index (χ4v) is 3.06. The summed E-state index contributed by atoms with van der Waals surface area (Å²) >= 11 is 0. The number of carboxylic acid groups (broad SMARTS) is 2. The van der Waals surface area contributed by atoms with Crippen molar-refractivity contribution in [3.63, 3.8) is 0 Å². The predicted octanol–water partition coefficient (Wildman–Crippen LogP) is 5.77. The molecular formula is C22H38O5. The van der Waals surface area contributed by atoms with E-state index in [0.717, 1.165) is 32.1 Å². The fraction of sp³-hybridized carbons (Fsp3) is 0.773. The normalized spacial score (nSPS) is 12.3. The highest BCUT2D eigenvalue weighted by atomic mass is 16.4. The van der Waals surface area contributed by atoms with Crippen molar-refractivity contribution in [2.45, 2.75) is 103 Å². The molecule has 0 aromatic carbocycles. The van der Waals surface area contributed by atoms with Crippen LogP contribution in [0.1, 0.15) is 103 Å². The summed E-state index contributed by atoms with van der Waals surface area (Å²) in [6.07, 6.45) is 19.1. The second-order valence-corrected chi connectivity index (χ2v) is 7.29. The number of hydrogen-bond donors (Lipinski definition) is 2. The Labute approximate surface area is 164 Å². The molecule has 5 nitrogen and oxygen atoms in total. The van der Waals surface area contributed by atoms with Gasteiger partial charge >= 0.3 is 11.9 Å². The Morgan fingerprint density at radius 3 is 1.70 bits per heavy atom. The second kappa shape index (κ2) is 17.7. The van der Waals surface area contributed by atoms with Crippen LogP contribution in [0.15, 0.2) is 12.2 Å². The molecule has 0 radical (unpaired) electrons. The quantitative estimate of drug-likeness (QED) is 0.168. The van der Waals surface area contributed by atoms with E-state index in [1.807, 2.05) is 0 Å². The van der Waals surface area contributed by atoms with Crippen LogP contribution in [0, 0.1) is 5.92 Å². The number of allylic oxidation sites excluding steroid dienone is 2. The first-order chi connectivity index (χ1) is 13.0. The first-order valence-corrected chi connectivity index (χ1v) is 10.6.